The molecule has 2 rings (SSSR count). The van der Waals surface area contributed by atoms with Crippen LogP contribution in [0, 0.1) is 0 Å². The molecule has 19 heavy (non-hydrogen) atoms. The molecule has 1 unspecified atom stereocenters. The van der Waals surface area contributed by atoms with E-state index in [1.807, 2.05) is 13.1 Å². The zero-order valence-electron chi connectivity index (χ0n) is 11.9. The molecule has 1 aromatic rings. The quantitative estimate of drug-likeness (QED) is 0.859. The molecule has 1 heterocycles. The maximum Gasteiger partial charge on any atom is 0.244 e. The lowest BCUT2D eigenvalue weighted by Gasteiger charge is -2.38. The number of amides is 1. The minimum Gasteiger partial charge on any atom is -0.356 e. The normalized spacial score (nSPS) is 19.7. The molecule has 4 nitrogen and oxygen atoms in total. The average molecular weight is 261 g/mol. The summed E-state index contributed by atoms with van der Waals surface area (Å²) in [6.07, 6.45) is 0. The molecule has 1 amide bonds. The summed E-state index contributed by atoms with van der Waals surface area (Å²) in [5.74, 6) is 0.565. The largest absolute Gasteiger partial charge is 0.356 e. The number of piperazine rings is 1. The number of rotatable bonds is 4. The van der Waals surface area contributed by atoms with Crippen molar-refractivity contribution in [3.8, 4) is 0 Å². The zero-order chi connectivity index (χ0) is 13.8. The van der Waals surface area contributed by atoms with Crippen LogP contribution in [0.1, 0.15) is 25.3 Å². The number of benzene rings is 1. The molecule has 1 fully saturated rings. The fraction of sp³-hybridized carbons (Fsp3) is 0.533. The third-order valence-electron chi connectivity index (χ3n) is 3.60. The highest BCUT2D eigenvalue weighted by Gasteiger charge is 2.30. The van der Waals surface area contributed by atoms with Crippen LogP contribution in [0.15, 0.2) is 24.3 Å². The number of nitrogens with zero attached hydrogens (tertiary/aromatic N) is 1. The third kappa shape index (κ3) is 2.89. The Morgan fingerprint density at radius 3 is 2.84 bits per heavy atom. The van der Waals surface area contributed by atoms with Crippen molar-refractivity contribution < 1.29 is 4.79 Å². The number of anilines is 1. The first kappa shape index (κ1) is 13.9. The molecule has 2 N–H and O–H groups in total. The van der Waals surface area contributed by atoms with Crippen LogP contribution in [0.2, 0.25) is 0 Å². The van der Waals surface area contributed by atoms with Gasteiger partial charge in [-0.25, -0.2) is 0 Å². The highest BCUT2D eigenvalue weighted by molar-refractivity contribution is 5.87. The van der Waals surface area contributed by atoms with Crippen LogP contribution in [-0.4, -0.2) is 38.6 Å². The number of carbonyl (C=O) groups excluding carboxylic acids is 1. The summed E-state index contributed by atoms with van der Waals surface area (Å²) >= 11 is 0. The lowest BCUT2D eigenvalue weighted by Crippen LogP contribution is -2.58. The van der Waals surface area contributed by atoms with Gasteiger partial charge in [-0.15, -0.1) is 0 Å². The van der Waals surface area contributed by atoms with Gasteiger partial charge in [0.05, 0.1) is 0 Å². The van der Waals surface area contributed by atoms with E-state index in [0.717, 1.165) is 6.54 Å². The predicted molar refractivity (Wildman–Crippen MR) is 78.6 cm³/mol. The molecule has 4 heteroatoms. The Hall–Kier alpha value is -1.55. The van der Waals surface area contributed by atoms with Crippen molar-refractivity contribution in [3.63, 3.8) is 0 Å². The van der Waals surface area contributed by atoms with Crippen molar-refractivity contribution in [3.05, 3.63) is 29.8 Å². The van der Waals surface area contributed by atoms with Crippen LogP contribution < -0.4 is 15.5 Å². The molecule has 104 valence electrons. The molecular weight excluding hydrogens is 238 g/mol. The van der Waals surface area contributed by atoms with Gasteiger partial charge in [-0.05, 0) is 24.6 Å². The standard InChI is InChI=1S/C15H23N3O/c1-11(2)12-6-4-5-7-13(12)18-9-8-17-15(19)14(18)10-16-3/h4-7,11,14,16H,8-10H2,1-3H3,(H,17,19). The zero-order valence-corrected chi connectivity index (χ0v) is 11.9. The summed E-state index contributed by atoms with van der Waals surface area (Å²) < 4.78 is 0. The third-order valence-corrected chi connectivity index (χ3v) is 3.60. The minimum atomic E-state index is -0.126. The van der Waals surface area contributed by atoms with E-state index in [-0.39, 0.29) is 11.9 Å². The summed E-state index contributed by atoms with van der Waals surface area (Å²) in [6.45, 7) is 6.62. The van der Waals surface area contributed by atoms with Gasteiger partial charge in [0.15, 0.2) is 0 Å². The number of para-hydroxylation sites is 1. The molecule has 1 aliphatic rings. The maximum atomic E-state index is 12.1. The fourth-order valence-corrected chi connectivity index (χ4v) is 2.64. The minimum absolute atomic E-state index is 0.110. The fourth-order valence-electron chi connectivity index (χ4n) is 2.64. The van der Waals surface area contributed by atoms with Gasteiger partial charge in [0.1, 0.15) is 6.04 Å². The number of likely N-dealkylation sites (N-methyl/N-ethyl adjacent to an activating group) is 1. The summed E-state index contributed by atoms with van der Waals surface area (Å²) in [4.78, 5) is 14.3. The van der Waals surface area contributed by atoms with Gasteiger partial charge >= 0.3 is 0 Å². The molecule has 1 atom stereocenters. The first-order valence-corrected chi connectivity index (χ1v) is 6.93. The van der Waals surface area contributed by atoms with E-state index in [0.29, 0.717) is 19.0 Å². The second-order valence-electron chi connectivity index (χ2n) is 5.27. The lowest BCUT2D eigenvalue weighted by atomic mass is 9.98. The Morgan fingerprint density at radius 1 is 1.42 bits per heavy atom. The Balaban J connectivity index is 2.35. The molecule has 0 bridgehead atoms. The monoisotopic (exact) mass is 261 g/mol. The van der Waals surface area contributed by atoms with Crippen molar-refractivity contribution in [2.24, 2.45) is 0 Å². The van der Waals surface area contributed by atoms with Gasteiger partial charge < -0.3 is 15.5 Å². The first-order chi connectivity index (χ1) is 9.15. The van der Waals surface area contributed by atoms with Gasteiger partial charge in [0, 0.05) is 25.3 Å². The van der Waals surface area contributed by atoms with Crippen LogP contribution in [-0.2, 0) is 4.79 Å². The Labute approximate surface area is 115 Å². The van der Waals surface area contributed by atoms with Crippen LogP contribution in [0.3, 0.4) is 0 Å². The van der Waals surface area contributed by atoms with Crippen molar-refractivity contribution in [1.29, 1.82) is 0 Å². The molecular formula is C15H23N3O. The van der Waals surface area contributed by atoms with Crippen molar-refractivity contribution in [2.75, 3.05) is 31.6 Å². The van der Waals surface area contributed by atoms with E-state index in [9.17, 15) is 4.79 Å². The van der Waals surface area contributed by atoms with E-state index >= 15 is 0 Å². The molecule has 1 aliphatic heterocycles. The van der Waals surface area contributed by atoms with E-state index in [1.165, 1.54) is 11.3 Å². The van der Waals surface area contributed by atoms with Crippen LogP contribution in [0.25, 0.3) is 0 Å². The van der Waals surface area contributed by atoms with Crippen LogP contribution in [0.4, 0.5) is 5.69 Å². The molecule has 0 aromatic heterocycles. The maximum absolute atomic E-state index is 12.1. The second kappa shape index (κ2) is 6.06. The highest BCUT2D eigenvalue weighted by Crippen LogP contribution is 2.29. The smallest absolute Gasteiger partial charge is 0.244 e. The lowest BCUT2D eigenvalue weighted by molar-refractivity contribution is -0.123. The summed E-state index contributed by atoms with van der Waals surface area (Å²) in [7, 11) is 1.88. The van der Waals surface area contributed by atoms with Crippen molar-refractivity contribution in [1.82, 2.24) is 10.6 Å². The molecule has 0 spiro atoms. The number of carbonyl (C=O) groups is 1. The van der Waals surface area contributed by atoms with E-state index in [2.05, 4.69) is 47.6 Å². The summed E-state index contributed by atoms with van der Waals surface area (Å²) in [5, 5.41) is 6.06. The Morgan fingerprint density at radius 2 is 2.16 bits per heavy atom. The molecule has 1 saturated heterocycles. The summed E-state index contributed by atoms with van der Waals surface area (Å²) in [5.41, 5.74) is 2.49. The van der Waals surface area contributed by atoms with Gasteiger partial charge in [-0.3, -0.25) is 4.79 Å². The van der Waals surface area contributed by atoms with Gasteiger partial charge in [0.25, 0.3) is 0 Å². The van der Waals surface area contributed by atoms with Crippen molar-refractivity contribution >= 4 is 11.6 Å². The summed E-state index contributed by atoms with van der Waals surface area (Å²) in [6, 6.07) is 8.26. The highest BCUT2D eigenvalue weighted by atomic mass is 16.2. The second-order valence-corrected chi connectivity index (χ2v) is 5.27. The van der Waals surface area contributed by atoms with Crippen LogP contribution >= 0.6 is 0 Å². The molecule has 0 aliphatic carbocycles. The molecule has 1 aromatic carbocycles. The van der Waals surface area contributed by atoms with E-state index in [4.69, 9.17) is 0 Å². The van der Waals surface area contributed by atoms with Gasteiger partial charge in [-0.1, -0.05) is 32.0 Å². The average Bonchev–Trinajstić information content (AvgIpc) is 2.41. The molecule has 0 saturated carbocycles. The number of hydrogen-bond donors (Lipinski definition) is 2. The van der Waals surface area contributed by atoms with E-state index in [1.54, 1.807) is 0 Å². The van der Waals surface area contributed by atoms with Crippen molar-refractivity contribution in [2.45, 2.75) is 25.8 Å². The Bertz CT molecular complexity index is 445. The van der Waals surface area contributed by atoms with Gasteiger partial charge in [0.2, 0.25) is 5.91 Å². The number of hydrogen-bond acceptors (Lipinski definition) is 3. The first-order valence-electron chi connectivity index (χ1n) is 6.93. The topological polar surface area (TPSA) is 44.4 Å². The van der Waals surface area contributed by atoms with Crippen LogP contribution in [0.5, 0.6) is 0 Å². The predicted octanol–water partition coefficient (Wildman–Crippen LogP) is 1.33. The molecule has 0 radical (unpaired) electrons. The number of nitrogens with one attached hydrogen (secondary N) is 2. The van der Waals surface area contributed by atoms with Gasteiger partial charge in [-0.2, -0.15) is 0 Å². The SMILES string of the molecule is CNCC1C(=O)NCCN1c1ccccc1C(C)C. The Kier molecular flexibility index (Phi) is 4.43. The van der Waals surface area contributed by atoms with E-state index < -0.39 is 0 Å².